The molecule has 1 aliphatic carbocycles. The number of H-pyrrole nitrogens is 1. The molecule has 2 aliphatic rings. The zero-order valence-corrected chi connectivity index (χ0v) is 26.7. The number of allylic oxidation sites excluding steroid dienone is 2. The number of amides is 1. The molecule has 1 amide bonds. The number of aromatic nitrogens is 1. The minimum absolute atomic E-state index is 0.108. The van der Waals surface area contributed by atoms with E-state index in [9.17, 15) is 13.2 Å². The van der Waals surface area contributed by atoms with Crippen LogP contribution >= 0.6 is 9.24 Å². The Morgan fingerprint density at radius 2 is 1.95 bits per heavy atom. The predicted molar refractivity (Wildman–Crippen MR) is 166 cm³/mol. The van der Waals surface area contributed by atoms with E-state index in [1.165, 1.54) is 38.1 Å². The number of ether oxygens (including phenoxy) is 1. The van der Waals surface area contributed by atoms with Gasteiger partial charge >= 0.3 is 0 Å². The van der Waals surface area contributed by atoms with Gasteiger partial charge in [-0.25, -0.2) is 8.42 Å². The Hall–Kier alpha value is -1.43. The van der Waals surface area contributed by atoms with E-state index in [0.29, 0.717) is 29.5 Å². The topological polar surface area (TPSA) is 88.3 Å². The monoisotopic (exact) mass is 568 g/mol. The van der Waals surface area contributed by atoms with E-state index < -0.39 is 9.84 Å². The van der Waals surface area contributed by atoms with E-state index in [0.717, 1.165) is 60.9 Å². The number of hydrogen-bond acceptors (Lipinski definition) is 4. The fraction of sp³-hybridized carbons (Fsp3) is 0.700. The van der Waals surface area contributed by atoms with Crippen molar-refractivity contribution in [3.8, 4) is 0 Å². The van der Waals surface area contributed by atoms with Gasteiger partial charge in [0, 0.05) is 42.7 Å². The molecule has 3 unspecified atom stereocenters. The molecule has 1 aromatic rings. The average molecular weight is 569 g/mol. The highest BCUT2D eigenvalue weighted by molar-refractivity contribution is 7.94. The number of hydrogen-bond donors (Lipinski definition) is 2. The molecule has 0 spiro atoms. The summed E-state index contributed by atoms with van der Waals surface area (Å²) in [5, 5.41) is 4.69. The summed E-state index contributed by atoms with van der Waals surface area (Å²) in [7, 11) is -0.440. The van der Waals surface area contributed by atoms with E-state index in [4.69, 9.17) is 4.74 Å². The summed E-state index contributed by atoms with van der Waals surface area (Å²) in [4.78, 5) is 16.1. The van der Waals surface area contributed by atoms with Crippen LogP contribution in [0.15, 0.2) is 11.0 Å². The first-order valence-electron chi connectivity index (χ1n) is 14.5. The molecule has 2 N–H and O–H groups in total. The number of carbonyl (C=O) groups is 1. The lowest BCUT2D eigenvalue weighted by molar-refractivity contribution is 0.0947. The predicted octanol–water partition coefficient (Wildman–Crippen LogP) is 5.26. The summed E-state index contributed by atoms with van der Waals surface area (Å²) in [5.41, 5.74) is 1.41. The molecule has 218 valence electrons. The standard InChI is InChI=1S/C21H30N2O4S.C7H17P.C2H6/c1-15-18-9-7-17(28(2,25)26)8-10-19(18)23-20(15)21(24)22-12-3-5-16-6-4-13-27-14-11-16;1-3-4-7(2)5-6-8;1-2/h8-10,16,23H,3-7,11-14H2,1-2H3,(H,22,24);7H,3-6,8H2,1-2H3;1-2H3. The smallest absolute Gasteiger partial charge is 0.268 e. The fourth-order valence-electron chi connectivity index (χ4n) is 4.84. The van der Waals surface area contributed by atoms with Gasteiger partial charge in [-0.2, -0.15) is 0 Å². The van der Waals surface area contributed by atoms with Crippen molar-refractivity contribution in [1.82, 2.24) is 10.3 Å². The first-order valence-corrected chi connectivity index (χ1v) is 17.2. The van der Waals surface area contributed by atoms with Crippen LogP contribution in [0.3, 0.4) is 0 Å². The van der Waals surface area contributed by atoms with Crippen molar-refractivity contribution in [1.29, 1.82) is 0 Å². The van der Waals surface area contributed by atoms with Gasteiger partial charge in [-0.1, -0.05) is 46.6 Å². The zero-order valence-electron chi connectivity index (χ0n) is 24.7. The van der Waals surface area contributed by atoms with Crippen LogP contribution in [0.4, 0.5) is 0 Å². The van der Waals surface area contributed by atoms with E-state index in [2.05, 4.69) is 33.4 Å². The third kappa shape index (κ3) is 12.2. The minimum atomic E-state index is -3.21. The van der Waals surface area contributed by atoms with Gasteiger partial charge in [0.2, 0.25) is 0 Å². The third-order valence-corrected chi connectivity index (χ3v) is 8.65. The lowest BCUT2D eigenvalue weighted by Gasteiger charge is -2.13. The van der Waals surface area contributed by atoms with Crippen molar-refractivity contribution in [2.75, 3.05) is 32.2 Å². The molecule has 0 saturated carbocycles. The van der Waals surface area contributed by atoms with Crippen LogP contribution in [-0.4, -0.2) is 51.5 Å². The summed E-state index contributed by atoms with van der Waals surface area (Å²) >= 11 is 0. The molecule has 3 rings (SSSR count). The van der Waals surface area contributed by atoms with E-state index in [1.54, 1.807) is 12.2 Å². The molecule has 3 atom stereocenters. The van der Waals surface area contributed by atoms with Crippen LogP contribution in [-0.2, 0) is 14.6 Å². The Balaban J connectivity index is 0.000000620. The molecule has 0 bridgehead atoms. The van der Waals surface area contributed by atoms with Crippen molar-refractivity contribution >= 4 is 37.1 Å². The largest absolute Gasteiger partial charge is 0.381 e. The summed E-state index contributed by atoms with van der Waals surface area (Å²) in [5.74, 6) is 1.53. The van der Waals surface area contributed by atoms with Gasteiger partial charge in [0.25, 0.3) is 5.91 Å². The van der Waals surface area contributed by atoms with E-state index in [1.807, 2.05) is 26.8 Å². The number of aromatic amines is 1. The number of nitrogens with one attached hydrogen (secondary N) is 2. The van der Waals surface area contributed by atoms with Crippen LogP contribution < -0.4 is 15.9 Å². The molecule has 6 nitrogen and oxygen atoms in total. The minimum Gasteiger partial charge on any atom is -0.381 e. The van der Waals surface area contributed by atoms with Crippen molar-refractivity contribution in [3.05, 3.63) is 32.8 Å². The lowest BCUT2D eigenvalue weighted by Crippen LogP contribution is -2.26. The van der Waals surface area contributed by atoms with Crippen LogP contribution in [0.2, 0.25) is 0 Å². The maximum Gasteiger partial charge on any atom is 0.268 e. The van der Waals surface area contributed by atoms with Crippen LogP contribution in [0.1, 0.15) is 102 Å². The van der Waals surface area contributed by atoms with Crippen LogP contribution in [0, 0.1) is 18.8 Å². The highest BCUT2D eigenvalue weighted by Gasteiger charge is 2.16. The van der Waals surface area contributed by atoms with Crippen LogP contribution in [0.5, 0.6) is 0 Å². The van der Waals surface area contributed by atoms with Gasteiger partial charge in [0.1, 0.15) is 5.69 Å². The van der Waals surface area contributed by atoms with Crippen molar-refractivity contribution in [2.45, 2.75) is 92.4 Å². The normalized spacial score (nSPS) is 17.9. The molecule has 8 heteroatoms. The Bertz CT molecular complexity index is 1080. The molecule has 1 aliphatic heterocycles. The average Bonchev–Trinajstić information content (AvgIpc) is 3.09. The van der Waals surface area contributed by atoms with Gasteiger partial charge in [0.15, 0.2) is 9.84 Å². The zero-order chi connectivity index (χ0) is 28.6. The number of carbonyl (C=O) groups excluding carboxylic acids is 1. The third-order valence-electron chi connectivity index (χ3n) is 7.06. The van der Waals surface area contributed by atoms with Crippen molar-refractivity contribution in [3.63, 3.8) is 0 Å². The molecule has 1 fully saturated rings. The molecule has 1 aromatic heterocycles. The van der Waals surface area contributed by atoms with E-state index >= 15 is 0 Å². The Kier molecular flexibility index (Phi) is 17.1. The first kappa shape index (κ1) is 34.6. The molecular formula is C30H53N2O4PS. The highest BCUT2D eigenvalue weighted by atomic mass is 32.2. The second-order valence-corrected chi connectivity index (χ2v) is 12.9. The fourth-order valence-corrected chi connectivity index (χ4v) is 6.11. The number of fused-ring (bicyclic) bond motifs is 1. The maximum absolute atomic E-state index is 12.6. The lowest BCUT2D eigenvalue weighted by atomic mass is 9.95. The summed E-state index contributed by atoms with van der Waals surface area (Å²) in [6.07, 6.45) is 17.7. The van der Waals surface area contributed by atoms with Gasteiger partial charge in [0.05, 0.1) is 0 Å². The quantitative estimate of drug-likeness (QED) is 0.298. The Morgan fingerprint density at radius 1 is 1.21 bits per heavy atom. The van der Waals surface area contributed by atoms with Gasteiger partial charge in [-0.15, -0.1) is 9.24 Å². The SMILES string of the molecule is CC.CCCC(C)CCP.Cc1c(C(=O)NCCCC2CCCOCC2)[nH]c2c1=CCC(S(C)(=O)=O)=CC=2. The number of sulfone groups is 1. The molecule has 2 heterocycles. The molecule has 38 heavy (non-hydrogen) atoms. The highest BCUT2D eigenvalue weighted by Crippen LogP contribution is 2.20. The second kappa shape index (κ2) is 18.8. The molecule has 0 radical (unpaired) electrons. The Morgan fingerprint density at radius 3 is 2.61 bits per heavy atom. The van der Waals surface area contributed by atoms with Crippen molar-refractivity contribution < 1.29 is 17.9 Å². The number of rotatable bonds is 10. The van der Waals surface area contributed by atoms with E-state index in [-0.39, 0.29) is 5.91 Å². The maximum atomic E-state index is 12.6. The summed E-state index contributed by atoms with van der Waals surface area (Å²) in [6, 6.07) is 0. The second-order valence-electron chi connectivity index (χ2n) is 10.2. The Labute approximate surface area is 234 Å². The van der Waals surface area contributed by atoms with Gasteiger partial charge in [-0.3, -0.25) is 4.79 Å². The van der Waals surface area contributed by atoms with Gasteiger partial charge < -0.3 is 15.0 Å². The molecule has 1 saturated heterocycles. The first-order chi connectivity index (χ1) is 18.2. The molecule has 0 aromatic carbocycles. The van der Waals surface area contributed by atoms with Crippen LogP contribution in [0.25, 0.3) is 12.2 Å². The van der Waals surface area contributed by atoms with Gasteiger partial charge in [-0.05, 0) is 86.4 Å². The summed E-state index contributed by atoms with van der Waals surface area (Å²) < 4.78 is 29.0. The molecular weight excluding hydrogens is 515 g/mol. The van der Waals surface area contributed by atoms with Crippen molar-refractivity contribution in [2.24, 2.45) is 11.8 Å². The summed E-state index contributed by atoms with van der Waals surface area (Å²) in [6.45, 7) is 12.9.